The molecular formula is C29H34N6O3. The number of amides is 2. The minimum Gasteiger partial charge on any atom is -0.376 e. The van der Waals surface area contributed by atoms with Gasteiger partial charge in [-0.1, -0.05) is 18.2 Å². The first-order chi connectivity index (χ1) is 18.5. The molecule has 0 atom stereocenters. The van der Waals surface area contributed by atoms with E-state index in [4.69, 9.17) is 16.2 Å². The molecule has 1 saturated heterocycles. The zero-order valence-corrected chi connectivity index (χ0v) is 21.5. The highest BCUT2D eigenvalue weighted by Crippen LogP contribution is 2.39. The summed E-state index contributed by atoms with van der Waals surface area (Å²) in [4.78, 5) is 33.6. The van der Waals surface area contributed by atoms with Gasteiger partial charge in [-0.2, -0.15) is 0 Å². The zero-order chi connectivity index (χ0) is 26.5. The Bertz CT molecular complexity index is 1300. The number of piperidine rings is 1. The summed E-state index contributed by atoms with van der Waals surface area (Å²) in [5, 5.41) is 3.24. The van der Waals surface area contributed by atoms with Crippen LogP contribution < -0.4 is 21.7 Å². The lowest BCUT2D eigenvalue weighted by Crippen LogP contribution is -2.31. The molecule has 6 rings (SSSR count). The average molecular weight is 515 g/mol. The Morgan fingerprint density at radius 1 is 0.947 bits per heavy atom. The number of benzene rings is 2. The molecule has 2 fully saturated rings. The second-order valence-corrected chi connectivity index (χ2v) is 10.0. The number of nitrogens with one attached hydrogen (secondary N) is 1. The van der Waals surface area contributed by atoms with E-state index < -0.39 is 5.91 Å². The number of rotatable bonds is 6. The molecular weight excluding hydrogens is 480 g/mol. The second kappa shape index (κ2) is 11.6. The maximum absolute atomic E-state index is 11.8. The minimum atomic E-state index is -0.587. The quantitative estimate of drug-likeness (QED) is 0.451. The Labute approximate surface area is 222 Å². The van der Waals surface area contributed by atoms with E-state index in [1.807, 2.05) is 24.3 Å². The van der Waals surface area contributed by atoms with Gasteiger partial charge in [-0.3, -0.25) is 9.59 Å². The maximum atomic E-state index is 11.8. The van der Waals surface area contributed by atoms with E-state index >= 15 is 0 Å². The molecule has 0 unspecified atom stereocenters. The summed E-state index contributed by atoms with van der Waals surface area (Å²) in [6.45, 7) is 3.30. The number of primary amides is 2. The van der Waals surface area contributed by atoms with Gasteiger partial charge in [-0.25, -0.2) is 9.97 Å². The Kier molecular flexibility index (Phi) is 7.83. The molecule has 0 bridgehead atoms. The number of hydrogen-bond donors (Lipinski definition) is 3. The normalized spacial score (nSPS) is 16.6. The Hall–Kier alpha value is -3.98. The monoisotopic (exact) mass is 514 g/mol. The molecule has 38 heavy (non-hydrogen) atoms. The van der Waals surface area contributed by atoms with Crippen molar-refractivity contribution >= 4 is 29.1 Å². The van der Waals surface area contributed by atoms with E-state index in [-0.39, 0.29) is 11.6 Å². The molecule has 0 spiro atoms. The van der Waals surface area contributed by atoms with Gasteiger partial charge in [0.1, 0.15) is 5.82 Å². The lowest BCUT2D eigenvalue weighted by molar-refractivity contribution is 0.0989. The van der Waals surface area contributed by atoms with Crippen molar-refractivity contribution in [1.29, 1.82) is 0 Å². The standard InChI is InChI=1S/C19H23N5O2.C10H11NO/c20-18(25)17-19(23-16(11-21-17)24-7-2-1-3-8-24)22-15-5-4-14-12-26-9-6-13(14)10-15;11-10(12)9-5-3-8(4-6-9)7-1-2-7/h4-5,10-11H,1-3,6-9,12H2,(H2,20,25)(H,22,23);3-7H,1-2H2,(H2,11,12). The van der Waals surface area contributed by atoms with Gasteiger partial charge in [-0.05, 0) is 85.4 Å². The van der Waals surface area contributed by atoms with Crippen molar-refractivity contribution in [2.45, 2.75) is 51.0 Å². The molecule has 5 N–H and O–H groups in total. The molecule has 0 radical (unpaired) electrons. The molecule has 198 valence electrons. The SMILES string of the molecule is NC(=O)c1ccc(C2CC2)cc1.NC(=O)c1ncc(N2CCCCC2)nc1Nc1ccc2c(c1)CCOC2. The highest BCUT2D eigenvalue weighted by atomic mass is 16.5. The van der Waals surface area contributed by atoms with Crippen LogP contribution in [0.15, 0.2) is 48.7 Å². The number of ether oxygens (including phenoxy) is 1. The molecule has 2 aliphatic heterocycles. The lowest BCUT2D eigenvalue weighted by Gasteiger charge is -2.28. The molecule has 1 saturated carbocycles. The van der Waals surface area contributed by atoms with E-state index in [0.29, 0.717) is 18.0 Å². The third-order valence-electron chi connectivity index (χ3n) is 7.16. The van der Waals surface area contributed by atoms with Gasteiger partial charge < -0.3 is 26.4 Å². The molecule has 9 heteroatoms. The van der Waals surface area contributed by atoms with Crippen molar-refractivity contribution in [3.8, 4) is 0 Å². The molecule has 9 nitrogen and oxygen atoms in total. The summed E-state index contributed by atoms with van der Waals surface area (Å²) in [6.07, 6.45) is 8.64. The first kappa shape index (κ1) is 25.7. The van der Waals surface area contributed by atoms with Crippen LogP contribution in [0.5, 0.6) is 0 Å². The molecule has 2 aromatic carbocycles. The van der Waals surface area contributed by atoms with Crippen molar-refractivity contribution in [2.75, 3.05) is 29.9 Å². The summed E-state index contributed by atoms with van der Waals surface area (Å²) in [5.74, 6) is 0.997. The molecule has 3 aliphatic rings. The van der Waals surface area contributed by atoms with Gasteiger partial charge in [-0.15, -0.1) is 0 Å². The van der Waals surface area contributed by atoms with Crippen LogP contribution in [0.25, 0.3) is 0 Å². The summed E-state index contributed by atoms with van der Waals surface area (Å²) in [7, 11) is 0. The van der Waals surface area contributed by atoms with Crippen molar-refractivity contribution in [3.05, 3.63) is 76.6 Å². The predicted molar refractivity (Wildman–Crippen MR) is 147 cm³/mol. The smallest absolute Gasteiger partial charge is 0.271 e. The number of carbonyl (C=O) groups excluding carboxylic acids is 2. The molecule has 1 aromatic heterocycles. The van der Waals surface area contributed by atoms with Crippen molar-refractivity contribution in [2.24, 2.45) is 11.5 Å². The topological polar surface area (TPSA) is 136 Å². The maximum Gasteiger partial charge on any atom is 0.271 e. The van der Waals surface area contributed by atoms with Gasteiger partial charge in [0.15, 0.2) is 11.5 Å². The van der Waals surface area contributed by atoms with Crippen LogP contribution in [0.4, 0.5) is 17.3 Å². The van der Waals surface area contributed by atoms with Crippen molar-refractivity contribution in [1.82, 2.24) is 9.97 Å². The third kappa shape index (κ3) is 6.28. The lowest BCUT2D eigenvalue weighted by atomic mass is 10.0. The third-order valence-corrected chi connectivity index (χ3v) is 7.16. The van der Waals surface area contributed by atoms with Crippen molar-refractivity contribution in [3.63, 3.8) is 0 Å². The van der Waals surface area contributed by atoms with E-state index in [1.165, 1.54) is 36.0 Å². The van der Waals surface area contributed by atoms with Gasteiger partial charge in [0.2, 0.25) is 5.91 Å². The van der Waals surface area contributed by atoms with Crippen LogP contribution in [-0.2, 0) is 17.8 Å². The first-order valence-electron chi connectivity index (χ1n) is 13.3. The molecule has 3 heterocycles. The zero-order valence-electron chi connectivity index (χ0n) is 21.5. The molecule has 2 amide bonds. The number of anilines is 3. The average Bonchev–Trinajstić information content (AvgIpc) is 3.80. The summed E-state index contributed by atoms with van der Waals surface area (Å²) in [6, 6.07) is 13.7. The van der Waals surface area contributed by atoms with Crippen LogP contribution >= 0.6 is 0 Å². The van der Waals surface area contributed by atoms with Gasteiger partial charge in [0.25, 0.3) is 5.91 Å². The van der Waals surface area contributed by atoms with Crippen LogP contribution in [0.2, 0.25) is 0 Å². The van der Waals surface area contributed by atoms with E-state index in [2.05, 4.69) is 26.3 Å². The van der Waals surface area contributed by atoms with Crippen LogP contribution in [-0.4, -0.2) is 41.5 Å². The Balaban J connectivity index is 0.000000204. The number of nitrogens with two attached hydrogens (primary N) is 2. The number of nitrogens with zero attached hydrogens (tertiary/aromatic N) is 3. The number of fused-ring (bicyclic) bond motifs is 1. The predicted octanol–water partition coefficient (Wildman–Crippen LogP) is 4.05. The van der Waals surface area contributed by atoms with E-state index in [1.54, 1.807) is 18.3 Å². The fourth-order valence-electron chi connectivity index (χ4n) is 4.84. The van der Waals surface area contributed by atoms with Crippen molar-refractivity contribution < 1.29 is 14.3 Å². The summed E-state index contributed by atoms with van der Waals surface area (Å²) >= 11 is 0. The van der Waals surface area contributed by atoms with Gasteiger partial charge in [0, 0.05) is 24.3 Å². The highest BCUT2D eigenvalue weighted by molar-refractivity contribution is 5.96. The minimum absolute atomic E-state index is 0.159. The fourth-order valence-corrected chi connectivity index (χ4v) is 4.84. The van der Waals surface area contributed by atoms with Gasteiger partial charge in [0.05, 0.1) is 19.4 Å². The van der Waals surface area contributed by atoms with Gasteiger partial charge >= 0.3 is 0 Å². The summed E-state index contributed by atoms with van der Waals surface area (Å²) < 4.78 is 5.48. The van der Waals surface area contributed by atoms with Crippen LogP contribution in [0.3, 0.4) is 0 Å². The van der Waals surface area contributed by atoms with Crippen LogP contribution in [0, 0.1) is 0 Å². The first-order valence-corrected chi connectivity index (χ1v) is 13.3. The summed E-state index contributed by atoms with van der Waals surface area (Å²) in [5.41, 5.74) is 16.0. The Morgan fingerprint density at radius 2 is 1.71 bits per heavy atom. The highest BCUT2D eigenvalue weighted by Gasteiger charge is 2.23. The second-order valence-electron chi connectivity index (χ2n) is 10.0. The number of carbonyl (C=O) groups is 2. The van der Waals surface area contributed by atoms with Crippen LogP contribution in [0.1, 0.15) is 75.6 Å². The van der Waals surface area contributed by atoms with E-state index in [0.717, 1.165) is 56.4 Å². The molecule has 3 aromatic rings. The van der Waals surface area contributed by atoms with E-state index in [9.17, 15) is 9.59 Å². The molecule has 1 aliphatic carbocycles. The number of hydrogen-bond acceptors (Lipinski definition) is 7. The Morgan fingerprint density at radius 3 is 2.39 bits per heavy atom. The fraction of sp³-hybridized carbons (Fsp3) is 0.379. The largest absolute Gasteiger partial charge is 0.376 e. The number of aromatic nitrogens is 2.